The van der Waals surface area contributed by atoms with Crippen LogP contribution in [-0.2, 0) is 9.59 Å². The van der Waals surface area contributed by atoms with Gasteiger partial charge in [-0.15, -0.1) is 0 Å². The highest BCUT2D eigenvalue weighted by molar-refractivity contribution is 6.33. The maximum Gasteiger partial charge on any atom is 0.323 e. The van der Waals surface area contributed by atoms with Gasteiger partial charge < -0.3 is 5.11 Å². The quantitative estimate of drug-likeness (QED) is 0.501. The van der Waals surface area contributed by atoms with Gasteiger partial charge in [-0.1, -0.05) is 0 Å². The molecule has 2 aliphatic rings. The van der Waals surface area contributed by atoms with Crippen LogP contribution in [0.15, 0.2) is 17.2 Å². The molecule has 25 heavy (non-hydrogen) atoms. The molecule has 0 radical (unpaired) electrons. The zero-order valence-electron chi connectivity index (χ0n) is 13.1. The van der Waals surface area contributed by atoms with Crippen LogP contribution in [0.1, 0.15) is 31.2 Å². The Hall–Kier alpha value is -3.30. The zero-order valence-corrected chi connectivity index (χ0v) is 13.1. The highest BCUT2D eigenvalue weighted by atomic mass is 16.6. The number of hydrogen-bond acceptors (Lipinski definition) is 7. The summed E-state index contributed by atoms with van der Waals surface area (Å²) in [5.74, 6) is -2.33. The van der Waals surface area contributed by atoms with Gasteiger partial charge in [-0.25, -0.2) is 4.90 Å². The smallest absolute Gasteiger partial charge is 0.323 e. The van der Waals surface area contributed by atoms with Gasteiger partial charge >= 0.3 is 11.4 Å². The second-order valence-electron chi connectivity index (χ2n) is 5.86. The predicted octanol–water partition coefficient (Wildman–Crippen LogP) is 2.26. The Bertz CT molecular complexity index is 860. The van der Waals surface area contributed by atoms with Crippen LogP contribution in [0.2, 0.25) is 0 Å². The summed E-state index contributed by atoms with van der Waals surface area (Å²) in [5.41, 5.74) is -1.55. The van der Waals surface area contributed by atoms with E-state index in [0.717, 1.165) is 23.8 Å². The minimum atomic E-state index is -1.10. The van der Waals surface area contributed by atoms with Crippen LogP contribution in [-0.4, -0.2) is 26.8 Å². The van der Waals surface area contributed by atoms with E-state index in [0.29, 0.717) is 24.0 Å². The van der Waals surface area contributed by atoms with Gasteiger partial charge in [-0.05, 0) is 32.6 Å². The average molecular weight is 347 g/mol. The van der Waals surface area contributed by atoms with Gasteiger partial charge in [0.25, 0.3) is 17.6 Å². The highest BCUT2D eigenvalue weighted by Gasteiger charge is 2.43. The molecule has 0 saturated heterocycles. The van der Waals surface area contributed by atoms with Crippen molar-refractivity contribution in [2.24, 2.45) is 0 Å². The van der Waals surface area contributed by atoms with Gasteiger partial charge in [-0.2, -0.15) is 0 Å². The number of nitro benzene ring substituents is 2. The summed E-state index contributed by atoms with van der Waals surface area (Å²) in [5, 5.41) is 32.2. The zero-order chi connectivity index (χ0) is 18.5. The molecule has 0 fully saturated rings. The minimum absolute atomic E-state index is 0.186. The molecule has 1 N–H and O–H groups in total. The standard InChI is InChI=1S/C15H13N3O7/c1-7-10(6-11(17(22)23)13(19)12(7)18(24)25)16-14(20)8-4-2-3-5-9(8)15(16)21/h6,19H,2-5H2,1H3. The lowest BCUT2D eigenvalue weighted by Gasteiger charge is -2.18. The van der Waals surface area contributed by atoms with Crippen molar-refractivity contribution in [3.8, 4) is 5.75 Å². The molecule has 130 valence electrons. The third-order valence-corrected chi connectivity index (χ3v) is 4.49. The van der Waals surface area contributed by atoms with Gasteiger partial charge in [0.2, 0.25) is 0 Å². The van der Waals surface area contributed by atoms with Crippen molar-refractivity contribution in [2.75, 3.05) is 4.90 Å². The second-order valence-corrected chi connectivity index (χ2v) is 5.86. The number of rotatable bonds is 3. The van der Waals surface area contributed by atoms with Crippen molar-refractivity contribution < 1.29 is 24.5 Å². The number of hydrogen-bond donors (Lipinski definition) is 1. The third-order valence-electron chi connectivity index (χ3n) is 4.49. The predicted molar refractivity (Wildman–Crippen MR) is 84.1 cm³/mol. The number of anilines is 1. The molecule has 2 amide bonds. The number of nitrogens with zero attached hydrogens (tertiary/aromatic N) is 3. The molecule has 10 heteroatoms. The lowest BCUT2D eigenvalue weighted by atomic mass is 9.93. The summed E-state index contributed by atoms with van der Waals surface area (Å²) in [4.78, 5) is 46.3. The first-order valence-electron chi connectivity index (χ1n) is 7.51. The normalized spacial score (nSPS) is 17.1. The Balaban J connectivity index is 2.22. The maximum atomic E-state index is 12.6. The first-order chi connectivity index (χ1) is 11.8. The number of nitro groups is 2. The van der Waals surface area contributed by atoms with Crippen LogP contribution in [0, 0.1) is 27.2 Å². The molecule has 1 aromatic rings. The summed E-state index contributed by atoms with van der Waals surface area (Å²) in [6, 6.07) is 0.825. The molecule has 0 unspecified atom stereocenters. The number of phenols is 1. The van der Waals surface area contributed by atoms with Crippen LogP contribution in [0.4, 0.5) is 17.1 Å². The Labute approximate surface area is 140 Å². The molecule has 0 spiro atoms. The average Bonchev–Trinajstić information content (AvgIpc) is 2.79. The Morgan fingerprint density at radius 1 is 1.04 bits per heavy atom. The molecule has 3 rings (SSSR count). The first kappa shape index (κ1) is 16.6. The van der Waals surface area contributed by atoms with Crippen molar-refractivity contribution in [2.45, 2.75) is 32.6 Å². The van der Waals surface area contributed by atoms with E-state index in [-0.39, 0.29) is 11.3 Å². The van der Waals surface area contributed by atoms with Crippen molar-refractivity contribution in [1.29, 1.82) is 0 Å². The summed E-state index contributed by atoms with van der Waals surface area (Å²) in [6.07, 6.45) is 2.36. The number of carbonyl (C=O) groups is 2. The Morgan fingerprint density at radius 2 is 1.56 bits per heavy atom. The molecule has 1 aliphatic heterocycles. The summed E-state index contributed by atoms with van der Waals surface area (Å²) in [6.45, 7) is 1.23. The highest BCUT2D eigenvalue weighted by Crippen LogP contribution is 2.45. The number of aromatic hydroxyl groups is 1. The summed E-state index contributed by atoms with van der Waals surface area (Å²) >= 11 is 0. The summed E-state index contributed by atoms with van der Waals surface area (Å²) < 4.78 is 0. The van der Waals surface area contributed by atoms with E-state index in [2.05, 4.69) is 0 Å². The first-order valence-corrected chi connectivity index (χ1v) is 7.51. The second kappa shape index (κ2) is 5.65. The molecule has 0 aromatic heterocycles. The minimum Gasteiger partial charge on any atom is -0.497 e. The Morgan fingerprint density at radius 3 is 2.00 bits per heavy atom. The molecule has 1 heterocycles. The number of benzene rings is 1. The monoisotopic (exact) mass is 347 g/mol. The van der Waals surface area contributed by atoms with Gasteiger partial charge in [0.15, 0.2) is 0 Å². The van der Waals surface area contributed by atoms with Crippen molar-refractivity contribution >= 4 is 28.9 Å². The number of amides is 2. The number of phenolic OH excluding ortho intramolecular Hbond substituents is 1. The maximum absolute atomic E-state index is 12.6. The largest absolute Gasteiger partial charge is 0.497 e. The summed E-state index contributed by atoms with van der Waals surface area (Å²) in [7, 11) is 0. The van der Waals surface area contributed by atoms with Gasteiger partial charge in [0.1, 0.15) is 0 Å². The molecular formula is C15H13N3O7. The SMILES string of the molecule is Cc1c(N2C(=O)C3=C(CCCC3)C2=O)cc([N+](=O)[O-])c(O)c1[N+](=O)[O-]. The molecule has 0 saturated carbocycles. The molecule has 10 nitrogen and oxygen atoms in total. The van der Waals surface area contributed by atoms with E-state index in [4.69, 9.17) is 0 Å². The van der Waals surface area contributed by atoms with E-state index in [1.54, 1.807) is 0 Å². The molecule has 0 bridgehead atoms. The van der Waals surface area contributed by atoms with Crippen molar-refractivity contribution in [3.05, 3.63) is 43.0 Å². The lowest BCUT2D eigenvalue weighted by Crippen LogP contribution is -2.32. The fraction of sp³-hybridized carbons (Fsp3) is 0.333. The van der Waals surface area contributed by atoms with Crippen molar-refractivity contribution in [3.63, 3.8) is 0 Å². The number of imide groups is 1. The van der Waals surface area contributed by atoms with Crippen LogP contribution < -0.4 is 4.90 Å². The molecule has 0 atom stereocenters. The van der Waals surface area contributed by atoms with Gasteiger partial charge in [-0.3, -0.25) is 29.8 Å². The number of carbonyl (C=O) groups excluding carboxylic acids is 2. The van der Waals surface area contributed by atoms with Crippen LogP contribution >= 0.6 is 0 Å². The molecular weight excluding hydrogens is 334 g/mol. The van der Waals surface area contributed by atoms with Gasteiger partial charge in [0, 0.05) is 17.2 Å². The van der Waals surface area contributed by atoms with Crippen LogP contribution in [0.25, 0.3) is 0 Å². The van der Waals surface area contributed by atoms with Gasteiger partial charge in [0.05, 0.1) is 21.1 Å². The molecule has 1 aromatic carbocycles. The van der Waals surface area contributed by atoms with Crippen molar-refractivity contribution in [1.82, 2.24) is 0 Å². The van der Waals surface area contributed by atoms with Crippen LogP contribution in [0.5, 0.6) is 5.75 Å². The fourth-order valence-corrected chi connectivity index (χ4v) is 3.28. The van der Waals surface area contributed by atoms with E-state index >= 15 is 0 Å². The van der Waals surface area contributed by atoms with E-state index in [9.17, 15) is 34.9 Å². The fourth-order valence-electron chi connectivity index (χ4n) is 3.28. The van der Waals surface area contributed by atoms with Crippen LogP contribution in [0.3, 0.4) is 0 Å². The topological polar surface area (TPSA) is 144 Å². The Kier molecular flexibility index (Phi) is 3.74. The lowest BCUT2D eigenvalue weighted by molar-refractivity contribution is -0.396. The van der Waals surface area contributed by atoms with E-state index < -0.39 is 38.8 Å². The third kappa shape index (κ3) is 2.33. The van der Waals surface area contributed by atoms with E-state index in [1.165, 1.54) is 6.92 Å². The van der Waals surface area contributed by atoms with E-state index in [1.807, 2.05) is 0 Å². The molecule has 1 aliphatic carbocycles.